The van der Waals surface area contributed by atoms with E-state index >= 15 is 0 Å². The van der Waals surface area contributed by atoms with Gasteiger partial charge in [-0.05, 0) is 59.4 Å². The topological polar surface area (TPSA) is 32.5 Å². The van der Waals surface area contributed by atoms with Crippen molar-refractivity contribution in [3.05, 3.63) is 0 Å². The van der Waals surface area contributed by atoms with Crippen LogP contribution in [0.2, 0.25) is 0 Å². The summed E-state index contributed by atoms with van der Waals surface area (Å²) in [5.41, 5.74) is 5.93. The van der Waals surface area contributed by atoms with E-state index in [-0.39, 0.29) is 0 Å². The SMILES string of the molecule is CN(C)CCCN(C)C(CN)C1CCCC1. The highest BCUT2D eigenvalue weighted by Gasteiger charge is 2.26. The number of hydrogen-bond acceptors (Lipinski definition) is 3. The monoisotopic (exact) mass is 227 g/mol. The molecular formula is C13H29N3. The van der Waals surface area contributed by atoms with E-state index in [1.807, 2.05) is 0 Å². The van der Waals surface area contributed by atoms with Crippen LogP contribution in [0.15, 0.2) is 0 Å². The first-order valence-electron chi connectivity index (χ1n) is 6.70. The predicted octanol–water partition coefficient (Wildman–Crippen LogP) is 1.39. The summed E-state index contributed by atoms with van der Waals surface area (Å²) in [7, 11) is 6.51. The molecule has 0 aliphatic heterocycles. The predicted molar refractivity (Wildman–Crippen MR) is 70.6 cm³/mol. The minimum Gasteiger partial charge on any atom is -0.329 e. The van der Waals surface area contributed by atoms with E-state index in [9.17, 15) is 0 Å². The van der Waals surface area contributed by atoms with Crippen LogP contribution >= 0.6 is 0 Å². The minimum absolute atomic E-state index is 0.615. The van der Waals surface area contributed by atoms with Crippen molar-refractivity contribution >= 4 is 0 Å². The van der Waals surface area contributed by atoms with Crippen molar-refractivity contribution < 1.29 is 0 Å². The lowest BCUT2D eigenvalue weighted by atomic mass is 9.97. The largest absolute Gasteiger partial charge is 0.329 e. The third-order valence-corrected chi connectivity index (χ3v) is 3.87. The molecule has 3 heteroatoms. The second-order valence-electron chi connectivity index (χ2n) is 5.49. The maximum Gasteiger partial charge on any atom is 0.0243 e. The van der Waals surface area contributed by atoms with Gasteiger partial charge in [-0.15, -0.1) is 0 Å². The van der Waals surface area contributed by atoms with Gasteiger partial charge in [-0.3, -0.25) is 0 Å². The molecule has 1 aliphatic rings. The maximum absolute atomic E-state index is 5.93. The Balaban J connectivity index is 2.28. The Morgan fingerprint density at radius 3 is 2.25 bits per heavy atom. The Kier molecular flexibility index (Phi) is 6.32. The highest BCUT2D eigenvalue weighted by molar-refractivity contribution is 4.82. The van der Waals surface area contributed by atoms with Crippen molar-refractivity contribution in [1.29, 1.82) is 0 Å². The van der Waals surface area contributed by atoms with E-state index < -0.39 is 0 Å². The van der Waals surface area contributed by atoms with Crippen LogP contribution < -0.4 is 5.73 Å². The molecule has 1 rings (SSSR count). The van der Waals surface area contributed by atoms with Crippen LogP contribution in [-0.2, 0) is 0 Å². The molecule has 96 valence electrons. The molecule has 0 spiro atoms. The molecule has 0 heterocycles. The molecule has 1 aliphatic carbocycles. The Bertz CT molecular complexity index is 176. The molecule has 1 unspecified atom stereocenters. The summed E-state index contributed by atoms with van der Waals surface area (Å²) in [6.07, 6.45) is 6.84. The zero-order valence-electron chi connectivity index (χ0n) is 11.3. The van der Waals surface area contributed by atoms with Crippen LogP contribution in [-0.4, -0.2) is 56.6 Å². The second kappa shape index (κ2) is 7.25. The van der Waals surface area contributed by atoms with E-state index in [0.29, 0.717) is 6.04 Å². The molecule has 3 nitrogen and oxygen atoms in total. The smallest absolute Gasteiger partial charge is 0.0243 e. The third kappa shape index (κ3) is 4.40. The molecule has 0 aromatic heterocycles. The summed E-state index contributed by atoms with van der Waals surface area (Å²) < 4.78 is 0. The summed E-state index contributed by atoms with van der Waals surface area (Å²) in [4.78, 5) is 4.74. The van der Waals surface area contributed by atoms with Gasteiger partial charge < -0.3 is 15.5 Å². The van der Waals surface area contributed by atoms with Crippen LogP contribution in [0.5, 0.6) is 0 Å². The zero-order valence-corrected chi connectivity index (χ0v) is 11.3. The summed E-state index contributed by atoms with van der Waals surface area (Å²) in [6.45, 7) is 3.17. The number of nitrogens with zero attached hydrogens (tertiary/aromatic N) is 2. The lowest BCUT2D eigenvalue weighted by Gasteiger charge is -2.32. The van der Waals surface area contributed by atoms with E-state index in [4.69, 9.17) is 5.73 Å². The van der Waals surface area contributed by atoms with Gasteiger partial charge in [-0.1, -0.05) is 12.8 Å². The Labute approximate surface area is 101 Å². The fourth-order valence-electron chi connectivity index (χ4n) is 2.88. The van der Waals surface area contributed by atoms with Crippen molar-refractivity contribution in [3.63, 3.8) is 0 Å². The first-order valence-corrected chi connectivity index (χ1v) is 6.70. The molecule has 0 saturated heterocycles. The van der Waals surface area contributed by atoms with Crippen LogP contribution in [0, 0.1) is 5.92 Å². The van der Waals surface area contributed by atoms with Gasteiger partial charge in [0, 0.05) is 12.6 Å². The normalized spacial score (nSPS) is 19.9. The standard InChI is InChI=1S/C13H29N3/c1-15(2)9-6-10-16(3)13(11-14)12-7-4-5-8-12/h12-13H,4-11,14H2,1-3H3. The van der Waals surface area contributed by atoms with E-state index in [2.05, 4.69) is 30.9 Å². The van der Waals surface area contributed by atoms with Crippen LogP contribution in [0.1, 0.15) is 32.1 Å². The number of nitrogens with two attached hydrogens (primary N) is 1. The Morgan fingerprint density at radius 1 is 1.12 bits per heavy atom. The molecule has 0 amide bonds. The van der Waals surface area contributed by atoms with Crippen molar-refractivity contribution in [2.24, 2.45) is 11.7 Å². The second-order valence-corrected chi connectivity index (χ2v) is 5.49. The Morgan fingerprint density at radius 2 is 1.75 bits per heavy atom. The molecule has 16 heavy (non-hydrogen) atoms. The fraction of sp³-hybridized carbons (Fsp3) is 1.00. The van der Waals surface area contributed by atoms with Gasteiger partial charge in [0.15, 0.2) is 0 Å². The lowest BCUT2D eigenvalue weighted by Crippen LogP contribution is -2.43. The minimum atomic E-state index is 0.615. The molecule has 0 radical (unpaired) electrons. The molecule has 1 atom stereocenters. The quantitative estimate of drug-likeness (QED) is 0.713. The summed E-state index contributed by atoms with van der Waals surface area (Å²) >= 11 is 0. The van der Waals surface area contributed by atoms with Crippen LogP contribution in [0.25, 0.3) is 0 Å². The van der Waals surface area contributed by atoms with Crippen molar-refractivity contribution in [3.8, 4) is 0 Å². The summed E-state index contributed by atoms with van der Waals surface area (Å²) in [5.74, 6) is 0.856. The van der Waals surface area contributed by atoms with Crippen molar-refractivity contribution in [2.45, 2.75) is 38.1 Å². The van der Waals surface area contributed by atoms with Gasteiger partial charge in [0.25, 0.3) is 0 Å². The van der Waals surface area contributed by atoms with Gasteiger partial charge in [0.05, 0.1) is 0 Å². The van der Waals surface area contributed by atoms with Gasteiger partial charge in [0.2, 0.25) is 0 Å². The average molecular weight is 227 g/mol. The van der Waals surface area contributed by atoms with Gasteiger partial charge in [-0.25, -0.2) is 0 Å². The Hall–Kier alpha value is -0.120. The molecule has 0 aromatic rings. The third-order valence-electron chi connectivity index (χ3n) is 3.87. The number of likely N-dealkylation sites (N-methyl/N-ethyl adjacent to an activating group) is 1. The van der Waals surface area contributed by atoms with Gasteiger partial charge in [-0.2, -0.15) is 0 Å². The molecule has 1 fully saturated rings. The van der Waals surface area contributed by atoms with Crippen molar-refractivity contribution in [2.75, 3.05) is 40.8 Å². The van der Waals surface area contributed by atoms with Crippen molar-refractivity contribution in [1.82, 2.24) is 9.80 Å². The van der Waals surface area contributed by atoms with Crippen LogP contribution in [0.3, 0.4) is 0 Å². The highest BCUT2D eigenvalue weighted by Crippen LogP contribution is 2.29. The summed E-state index contributed by atoms with van der Waals surface area (Å²) in [6, 6.07) is 0.615. The maximum atomic E-state index is 5.93. The number of rotatable bonds is 7. The van der Waals surface area contributed by atoms with Crippen LogP contribution in [0.4, 0.5) is 0 Å². The van der Waals surface area contributed by atoms with E-state index in [1.54, 1.807) is 0 Å². The molecule has 1 saturated carbocycles. The molecular weight excluding hydrogens is 198 g/mol. The first kappa shape index (κ1) is 13.9. The molecule has 0 aromatic carbocycles. The zero-order chi connectivity index (χ0) is 12.0. The number of hydrogen-bond donors (Lipinski definition) is 1. The van der Waals surface area contributed by atoms with Gasteiger partial charge >= 0.3 is 0 Å². The molecule has 0 bridgehead atoms. The molecule has 2 N–H and O–H groups in total. The van der Waals surface area contributed by atoms with Gasteiger partial charge in [0.1, 0.15) is 0 Å². The van der Waals surface area contributed by atoms with E-state index in [0.717, 1.165) is 12.5 Å². The first-order chi connectivity index (χ1) is 7.65. The van der Waals surface area contributed by atoms with E-state index in [1.165, 1.54) is 45.2 Å². The summed E-state index contributed by atoms with van der Waals surface area (Å²) in [5, 5.41) is 0. The average Bonchev–Trinajstić information content (AvgIpc) is 2.71. The highest BCUT2D eigenvalue weighted by atomic mass is 15.1. The lowest BCUT2D eigenvalue weighted by molar-refractivity contribution is 0.174. The fourth-order valence-corrected chi connectivity index (χ4v) is 2.88.